The van der Waals surface area contributed by atoms with E-state index in [1.54, 1.807) is 7.11 Å². The molecule has 50 heavy (non-hydrogen) atoms. The number of aliphatic hydroxyl groups excluding tert-OH is 1. The van der Waals surface area contributed by atoms with Crippen molar-refractivity contribution >= 4 is 32.8 Å². The molecule has 0 aliphatic heterocycles. The standard InChI is InChI=1S/C42H64O6Si2/c1-31(29-47-50(42(7,8)9,36-19-15-13-16-20-36)37-21-17-14-18-22-37)39(43)33(3)40(44)32(2)38(48-49(11,12)41(4,5)6)27-28-46-30-34-23-25-35(45-10)26-24-34/h13-26,31-33,38-39,43H,27-30H2,1-12H3/t31-,32+,33+,38+,39-/m0/s1. The second kappa shape index (κ2) is 17.8. The van der Waals surface area contributed by atoms with Crippen LogP contribution in [0.3, 0.4) is 0 Å². The van der Waals surface area contributed by atoms with Crippen molar-refractivity contribution in [2.75, 3.05) is 20.3 Å². The summed E-state index contributed by atoms with van der Waals surface area (Å²) in [5.41, 5.74) is 1.06. The lowest BCUT2D eigenvalue weighted by atomic mass is 9.83. The van der Waals surface area contributed by atoms with Gasteiger partial charge in [0.15, 0.2) is 8.32 Å². The first-order valence-corrected chi connectivity index (χ1v) is 23.0. The van der Waals surface area contributed by atoms with Crippen molar-refractivity contribution in [1.82, 2.24) is 0 Å². The summed E-state index contributed by atoms with van der Waals surface area (Å²) in [6.07, 6.45) is -0.606. The predicted octanol–water partition coefficient (Wildman–Crippen LogP) is 8.41. The second-order valence-corrected chi connectivity index (χ2v) is 25.6. The molecule has 6 nitrogen and oxygen atoms in total. The minimum absolute atomic E-state index is 0.00802. The van der Waals surface area contributed by atoms with Crippen LogP contribution in [0.1, 0.15) is 74.3 Å². The third-order valence-corrected chi connectivity index (χ3v) is 20.3. The lowest BCUT2D eigenvalue weighted by molar-refractivity contribution is -0.134. The monoisotopic (exact) mass is 720 g/mol. The predicted molar refractivity (Wildman–Crippen MR) is 211 cm³/mol. The van der Waals surface area contributed by atoms with Crippen LogP contribution >= 0.6 is 0 Å². The molecule has 0 aromatic heterocycles. The molecular formula is C42H64O6Si2. The molecule has 0 bridgehead atoms. The summed E-state index contributed by atoms with van der Waals surface area (Å²) in [6, 6.07) is 28.9. The Balaban J connectivity index is 1.77. The normalized spacial score (nSPS) is 15.9. The Labute approximate surface area is 305 Å². The van der Waals surface area contributed by atoms with E-state index in [1.165, 1.54) is 10.4 Å². The highest BCUT2D eigenvalue weighted by atomic mass is 28.4. The van der Waals surface area contributed by atoms with Crippen LogP contribution in [0.15, 0.2) is 84.9 Å². The number of hydrogen-bond donors (Lipinski definition) is 1. The number of hydrogen-bond acceptors (Lipinski definition) is 6. The maximum atomic E-state index is 14.2. The fourth-order valence-electron chi connectivity index (χ4n) is 6.45. The summed E-state index contributed by atoms with van der Waals surface area (Å²) in [5, 5.41) is 13.9. The average molecular weight is 721 g/mol. The molecule has 0 heterocycles. The van der Waals surface area contributed by atoms with Gasteiger partial charge in [-0.1, -0.05) is 135 Å². The first-order chi connectivity index (χ1) is 23.4. The molecular weight excluding hydrogens is 657 g/mol. The highest BCUT2D eigenvalue weighted by Gasteiger charge is 2.50. The first kappa shape index (κ1) is 41.8. The molecule has 0 amide bonds. The molecule has 0 spiro atoms. The van der Waals surface area contributed by atoms with E-state index in [0.717, 1.165) is 11.3 Å². The summed E-state index contributed by atoms with van der Waals surface area (Å²) in [7, 11) is -3.34. The molecule has 0 unspecified atom stereocenters. The summed E-state index contributed by atoms with van der Waals surface area (Å²) in [4.78, 5) is 14.2. The number of carbonyl (C=O) groups excluding carboxylic acids is 1. The molecule has 3 aromatic rings. The lowest BCUT2D eigenvalue weighted by Crippen LogP contribution is -2.67. The third-order valence-electron chi connectivity index (χ3n) is 10.8. The number of rotatable bonds is 18. The van der Waals surface area contributed by atoms with E-state index in [2.05, 4.69) is 103 Å². The molecule has 276 valence electrons. The van der Waals surface area contributed by atoms with Crippen molar-refractivity contribution in [2.45, 2.75) is 111 Å². The third kappa shape index (κ3) is 10.3. The van der Waals surface area contributed by atoms with Gasteiger partial charge in [0.2, 0.25) is 0 Å². The minimum atomic E-state index is -2.78. The Morgan fingerprint density at radius 3 is 1.74 bits per heavy atom. The van der Waals surface area contributed by atoms with Gasteiger partial charge >= 0.3 is 0 Å². The quantitative estimate of drug-likeness (QED) is 0.105. The van der Waals surface area contributed by atoms with Crippen molar-refractivity contribution in [2.24, 2.45) is 17.8 Å². The topological polar surface area (TPSA) is 74.2 Å². The van der Waals surface area contributed by atoms with Gasteiger partial charge in [-0.3, -0.25) is 4.79 Å². The zero-order valence-electron chi connectivity index (χ0n) is 32.8. The molecule has 0 saturated heterocycles. The van der Waals surface area contributed by atoms with Crippen LogP contribution in [0.2, 0.25) is 23.2 Å². The van der Waals surface area contributed by atoms with Gasteiger partial charge in [-0.05, 0) is 57.7 Å². The zero-order valence-corrected chi connectivity index (χ0v) is 34.8. The van der Waals surface area contributed by atoms with Crippen LogP contribution in [-0.4, -0.2) is 60.1 Å². The van der Waals surface area contributed by atoms with E-state index >= 15 is 0 Å². The Hall–Kier alpha value is -2.60. The van der Waals surface area contributed by atoms with Gasteiger partial charge in [0.1, 0.15) is 11.5 Å². The van der Waals surface area contributed by atoms with Crippen LogP contribution in [0.5, 0.6) is 5.75 Å². The van der Waals surface area contributed by atoms with Crippen molar-refractivity contribution < 1.29 is 28.2 Å². The Kier molecular flexibility index (Phi) is 14.9. The fraction of sp³-hybridized carbons (Fsp3) is 0.548. The van der Waals surface area contributed by atoms with Crippen LogP contribution in [-0.2, 0) is 25.0 Å². The summed E-state index contributed by atoms with van der Waals surface area (Å²) in [6.45, 7) is 24.9. The Morgan fingerprint density at radius 2 is 1.28 bits per heavy atom. The van der Waals surface area contributed by atoms with E-state index in [4.69, 9.17) is 18.3 Å². The molecule has 0 radical (unpaired) electrons. The second-order valence-electron chi connectivity index (χ2n) is 16.5. The van der Waals surface area contributed by atoms with Crippen molar-refractivity contribution in [3.63, 3.8) is 0 Å². The van der Waals surface area contributed by atoms with Gasteiger partial charge < -0.3 is 23.4 Å². The Morgan fingerprint density at radius 1 is 0.760 bits per heavy atom. The molecule has 3 aromatic carbocycles. The lowest BCUT2D eigenvalue weighted by Gasteiger charge is -2.44. The summed E-state index contributed by atoms with van der Waals surface area (Å²) < 4.78 is 25.4. The molecule has 0 aliphatic carbocycles. The van der Waals surface area contributed by atoms with Gasteiger partial charge in [0.25, 0.3) is 8.32 Å². The SMILES string of the molecule is COc1ccc(COCC[C@@H](O[Si](C)(C)C(C)(C)C)[C@@H](C)C(=O)[C@H](C)[C@@H](O)[C@@H](C)CO[Si](c2ccccc2)(c2ccccc2)C(C)(C)C)cc1. The van der Waals surface area contributed by atoms with Gasteiger partial charge in [0.05, 0.1) is 25.9 Å². The highest BCUT2D eigenvalue weighted by Crippen LogP contribution is 2.40. The minimum Gasteiger partial charge on any atom is -0.497 e. The fourth-order valence-corrected chi connectivity index (χ4v) is 12.6. The molecule has 8 heteroatoms. The summed E-state index contributed by atoms with van der Waals surface area (Å²) in [5.74, 6) is -0.454. The van der Waals surface area contributed by atoms with Crippen LogP contribution in [0.25, 0.3) is 0 Å². The van der Waals surface area contributed by atoms with E-state index in [9.17, 15) is 9.90 Å². The molecule has 1 N–H and O–H groups in total. The summed E-state index contributed by atoms with van der Waals surface area (Å²) >= 11 is 0. The van der Waals surface area contributed by atoms with E-state index in [0.29, 0.717) is 26.2 Å². The molecule has 0 fully saturated rings. The maximum absolute atomic E-state index is 14.2. The van der Waals surface area contributed by atoms with Gasteiger partial charge in [-0.2, -0.15) is 0 Å². The highest BCUT2D eigenvalue weighted by molar-refractivity contribution is 6.99. The van der Waals surface area contributed by atoms with E-state index in [1.807, 2.05) is 57.2 Å². The molecule has 5 atom stereocenters. The number of aliphatic hydroxyl groups is 1. The number of benzene rings is 3. The first-order valence-electron chi connectivity index (χ1n) is 18.2. The smallest absolute Gasteiger partial charge is 0.261 e. The molecule has 0 saturated carbocycles. The van der Waals surface area contributed by atoms with Crippen molar-refractivity contribution in [3.8, 4) is 5.75 Å². The van der Waals surface area contributed by atoms with Gasteiger partial charge in [0, 0.05) is 31.0 Å². The van der Waals surface area contributed by atoms with Gasteiger partial charge in [-0.25, -0.2) is 0 Å². The zero-order chi connectivity index (χ0) is 37.3. The largest absolute Gasteiger partial charge is 0.497 e. The van der Waals surface area contributed by atoms with E-state index in [-0.39, 0.29) is 27.9 Å². The maximum Gasteiger partial charge on any atom is 0.261 e. The number of ketones is 1. The molecule has 0 aliphatic rings. The van der Waals surface area contributed by atoms with Crippen LogP contribution in [0.4, 0.5) is 0 Å². The van der Waals surface area contributed by atoms with Crippen molar-refractivity contribution in [1.29, 1.82) is 0 Å². The van der Waals surface area contributed by atoms with Crippen LogP contribution < -0.4 is 15.1 Å². The number of ether oxygens (including phenoxy) is 2. The van der Waals surface area contributed by atoms with Crippen LogP contribution in [0, 0.1) is 17.8 Å². The Bertz CT molecular complexity index is 1410. The average Bonchev–Trinajstić information content (AvgIpc) is 3.08. The van der Waals surface area contributed by atoms with Crippen molar-refractivity contribution in [3.05, 3.63) is 90.5 Å². The molecule has 3 rings (SSSR count). The van der Waals surface area contributed by atoms with E-state index < -0.39 is 34.6 Å². The van der Waals surface area contributed by atoms with Gasteiger partial charge in [-0.15, -0.1) is 0 Å². The number of Topliss-reactive ketones (excluding diaryl/α,β-unsaturated/α-hetero) is 1. The number of methoxy groups -OCH3 is 1. The number of carbonyl (C=O) groups is 1.